The Bertz CT molecular complexity index is 659. The number of hydrogen-bond acceptors (Lipinski definition) is 4. The Hall–Kier alpha value is -0.173. The van der Waals surface area contributed by atoms with Gasteiger partial charge < -0.3 is 4.43 Å². The first-order chi connectivity index (χ1) is 11.8. The number of rotatable bonds is 5. The largest absolute Gasteiger partial charge is 0.414 e. The average Bonchev–Trinajstić information content (AvgIpc) is 2.42. The molecule has 0 aliphatic heterocycles. The molecule has 1 fully saturated rings. The lowest BCUT2D eigenvalue weighted by molar-refractivity contribution is 0.0800. The zero-order chi connectivity index (χ0) is 19.8. The number of hydrogen-bond donors (Lipinski definition) is 0. The van der Waals surface area contributed by atoms with Crippen LogP contribution in [0.4, 0.5) is 0 Å². The van der Waals surface area contributed by atoms with Gasteiger partial charge in [-0.1, -0.05) is 26.8 Å². The van der Waals surface area contributed by atoms with Crippen molar-refractivity contribution in [1.29, 1.82) is 0 Å². The van der Waals surface area contributed by atoms with Crippen LogP contribution in [0.1, 0.15) is 60.1 Å². The minimum absolute atomic E-state index is 0.0953. The molecular formula is C20H33BrN2OSSi. The molecule has 1 aromatic rings. The Morgan fingerprint density at radius 2 is 1.81 bits per heavy atom. The first kappa shape index (κ1) is 22.1. The summed E-state index contributed by atoms with van der Waals surface area (Å²) in [6, 6.07) is 6.06. The van der Waals surface area contributed by atoms with E-state index >= 15 is 0 Å². The van der Waals surface area contributed by atoms with E-state index in [1.165, 1.54) is 0 Å². The van der Waals surface area contributed by atoms with Crippen molar-refractivity contribution in [1.82, 2.24) is 4.98 Å². The van der Waals surface area contributed by atoms with E-state index in [1.54, 1.807) is 11.9 Å². The summed E-state index contributed by atoms with van der Waals surface area (Å²) < 4.78 is 12.4. The van der Waals surface area contributed by atoms with Gasteiger partial charge in [-0.15, -0.1) is 0 Å². The van der Waals surface area contributed by atoms with Crippen LogP contribution in [0, 0.1) is 5.92 Å². The molecule has 0 N–H and O–H groups in total. The summed E-state index contributed by atoms with van der Waals surface area (Å²) in [5.74, 6) is 0.432. The highest BCUT2D eigenvalue weighted by molar-refractivity contribution is 9.10. The summed E-state index contributed by atoms with van der Waals surface area (Å²) in [5.41, 5.74) is 2.09. The van der Waals surface area contributed by atoms with Crippen molar-refractivity contribution in [3.63, 3.8) is 0 Å². The van der Waals surface area contributed by atoms with Crippen LogP contribution in [0.3, 0.4) is 0 Å². The van der Waals surface area contributed by atoms with Crippen molar-refractivity contribution in [3.8, 4) is 0 Å². The minimum Gasteiger partial charge on any atom is -0.414 e. The van der Waals surface area contributed by atoms with Gasteiger partial charge in [-0.3, -0.25) is 0 Å². The van der Waals surface area contributed by atoms with Crippen molar-refractivity contribution < 1.29 is 4.43 Å². The quantitative estimate of drug-likeness (QED) is 0.209. The number of halogens is 1. The van der Waals surface area contributed by atoms with E-state index < -0.39 is 8.32 Å². The lowest BCUT2D eigenvalue weighted by Gasteiger charge is -2.45. The van der Waals surface area contributed by atoms with Gasteiger partial charge >= 0.3 is 0 Å². The molecule has 6 heteroatoms. The Morgan fingerprint density at radius 3 is 2.31 bits per heavy atom. The summed E-state index contributed by atoms with van der Waals surface area (Å²) in [5, 5.41) is 0.253. The third-order valence-electron chi connectivity index (χ3n) is 5.14. The highest BCUT2D eigenvalue weighted by Gasteiger charge is 2.43. The molecule has 1 aliphatic carbocycles. The van der Waals surface area contributed by atoms with Crippen LogP contribution in [0.5, 0.6) is 0 Å². The van der Waals surface area contributed by atoms with Gasteiger partial charge in [-0.05, 0) is 91.8 Å². The van der Waals surface area contributed by atoms with Gasteiger partial charge in [-0.2, -0.15) is 0 Å². The molecule has 146 valence electrons. The molecule has 0 saturated heterocycles. The van der Waals surface area contributed by atoms with E-state index in [4.69, 9.17) is 8.82 Å². The Kier molecular flexibility index (Phi) is 6.85. The van der Waals surface area contributed by atoms with Crippen molar-refractivity contribution in [2.45, 2.75) is 83.4 Å². The molecule has 1 heterocycles. The van der Waals surface area contributed by atoms with Crippen molar-refractivity contribution in [3.05, 3.63) is 28.5 Å². The third-order valence-corrected chi connectivity index (χ3v) is 11.0. The van der Waals surface area contributed by atoms with Gasteiger partial charge in [0.25, 0.3) is 0 Å². The summed E-state index contributed by atoms with van der Waals surface area (Å²) in [7, 11) is -1.71. The molecule has 0 aromatic carbocycles. The second-order valence-corrected chi connectivity index (χ2v) is 16.9. The SMILES string of the molecule is CC(C)(C)SN=C(c1cccc(Br)n1)C1CC(O[Si](C)(C)C(C)(C)C)C1. The summed E-state index contributed by atoms with van der Waals surface area (Å²) in [4.78, 5) is 4.66. The highest BCUT2D eigenvalue weighted by atomic mass is 79.9. The second kappa shape index (κ2) is 8.06. The van der Waals surface area contributed by atoms with Crippen LogP contribution in [-0.2, 0) is 4.43 Å². The molecule has 0 amide bonds. The molecule has 1 saturated carbocycles. The summed E-state index contributed by atoms with van der Waals surface area (Å²) >= 11 is 5.13. The van der Waals surface area contributed by atoms with Crippen LogP contribution in [0.25, 0.3) is 0 Å². The van der Waals surface area contributed by atoms with Gasteiger partial charge in [-0.25, -0.2) is 9.38 Å². The van der Waals surface area contributed by atoms with E-state index in [0.29, 0.717) is 12.0 Å². The predicted molar refractivity (Wildman–Crippen MR) is 121 cm³/mol. The fourth-order valence-corrected chi connectivity index (χ4v) is 4.88. The van der Waals surface area contributed by atoms with E-state index in [9.17, 15) is 0 Å². The normalized spacial score (nSPS) is 22.3. The van der Waals surface area contributed by atoms with Gasteiger partial charge in [0.1, 0.15) is 4.60 Å². The second-order valence-electron chi connectivity index (χ2n) is 9.69. The van der Waals surface area contributed by atoms with Gasteiger partial charge in [0.15, 0.2) is 8.32 Å². The van der Waals surface area contributed by atoms with Gasteiger partial charge in [0.05, 0.1) is 11.4 Å². The third kappa shape index (κ3) is 5.91. The monoisotopic (exact) mass is 456 g/mol. The van der Waals surface area contributed by atoms with Crippen molar-refractivity contribution in [2.24, 2.45) is 10.3 Å². The zero-order valence-electron chi connectivity index (χ0n) is 17.4. The zero-order valence-corrected chi connectivity index (χ0v) is 20.8. The maximum Gasteiger partial charge on any atom is 0.192 e. The van der Waals surface area contributed by atoms with Gasteiger partial charge in [0, 0.05) is 16.8 Å². The lowest BCUT2D eigenvalue weighted by Crippen LogP contribution is -2.48. The average molecular weight is 458 g/mol. The summed E-state index contributed by atoms with van der Waals surface area (Å²) in [6.45, 7) is 18.1. The van der Waals surface area contributed by atoms with E-state index in [1.807, 2.05) is 12.1 Å². The molecular weight excluding hydrogens is 424 g/mol. The molecule has 0 radical (unpaired) electrons. The van der Waals surface area contributed by atoms with E-state index in [0.717, 1.165) is 28.9 Å². The molecule has 1 aliphatic rings. The Balaban J connectivity index is 2.12. The molecule has 3 nitrogen and oxygen atoms in total. The van der Waals surface area contributed by atoms with Gasteiger partial charge in [0.2, 0.25) is 0 Å². The first-order valence-electron chi connectivity index (χ1n) is 9.35. The molecule has 1 aromatic heterocycles. The standard InChI is InChI=1S/C20H33BrN2OSSi/c1-19(2,3)25-23-18(16-10-9-11-17(21)22-16)14-12-15(13-14)24-26(7,8)20(4,5)6/h9-11,14-15H,12-13H2,1-8H3. The molecule has 0 spiro atoms. The van der Waals surface area contributed by atoms with Crippen LogP contribution in [0.2, 0.25) is 18.1 Å². The summed E-state index contributed by atoms with van der Waals surface area (Å²) in [6.07, 6.45) is 2.45. The lowest BCUT2D eigenvalue weighted by atomic mass is 9.78. The molecule has 0 bridgehead atoms. The van der Waals surface area contributed by atoms with Crippen LogP contribution >= 0.6 is 27.9 Å². The van der Waals surface area contributed by atoms with Crippen LogP contribution in [0.15, 0.2) is 27.2 Å². The molecule has 0 atom stereocenters. The van der Waals surface area contributed by atoms with E-state index in [2.05, 4.69) is 81.6 Å². The maximum absolute atomic E-state index is 6.57. The van der Waals surface area contributed by atoms with Crippen molar-refractivity contribution >= 4 is 41.9 Å². The van der Waals surface area contributed by atoms with Crippen LogP contribution < -0.4 is 0 Å². The van der Waals surface area contributed by atoms with Crippen molar-refractivity contribution in [2.75, 3.05) is 0 Å². The predicted octanol–water partition coefficient (Wildman–Crippen LogP) is 6.88. The Labute approximate surface area is 173 Å². The number of pyridine rings is 1. The minimum atomic E-state index is -1.71. The maximum atomic E-state index is 6.57. The highest BCUT2D eigenvalue weighted by Crippen LogP contribution is 2.42. The van der Waals surface area contributed by atoms with E-state index in [-0.39, 0.29) is 9.79 Å². The molecule has 2 rings (SSSR count). The Morgan fingerprint density at radius 1 is 1.19 bits per heavy atom. The fourth-order valence-electron chi connectivity index (χ4n) is 2.55. The number of nitrogens with zero attached hydrogens (tertiary/aromatic N) is 2. The molecule has 26 heavy (non-hydrogen) atoms. The van der Waals surface area contributed by atoms with Crippen LogP contribution in [-0.4, -0.2) is 29.9 Å². The topological polar surface area (TPSA) is 34.5 Å². The molecule has 0 unspecified atom stereocenters. The number of aromatic nitrogens is 1. The first-order valence-corrected chi connectivity index (χ1v) is 13.8. The fraction of sp³-hybridized carbons (Fsp3) is 0.700. The smallest absolute Gasteiger partial charge is 0.192 e.